The van der Waals surface area contributed by atoms with Gasteiger partial charge in [0.25, 0.3) is 5.91 Å². The van der Waals surface area contributed by atoms with Gasteiger partial charge in [0, 0.05) is 18.7 Å². The molecule has 0 saturated carbocycles. The maximum atomic E-state index is 12.5. The molecule has 2 aromatic carbocycles. The number of methoxy groups -OCH3 is 2. The highest BCUT2D eigenvalue weighted by Gasteiger charge is 2.16. The molecule has 0 spiro atoms. The van der Waals surface area contributed by atoms with E-state index in [1.54, 1.807) is 31.4 Å². The molecule has 0 atom stereocenters. The minimum Gasteiger partial charge on any atom is -0.497 e. The van der Waals surface area contributed by atoms with E-state index in [1.807, 2.05) is 0 Å². The fraction of sp³-hybridized carbons (Fsp3) is 0.176. The van der Waals surface area contributed by atoms with Crippen LogP contribution in [0.3, 0.4) is 0 Å². The van der Waals surface area contributed by atoms with Crippen molar-refractivity contribution in [1.29, 1.82) is 0 Å². The highest BCUT2D eigenvalue weighted by Crippen LogP contribution is 2.31. The molecule has 0 aliphatic carbocycles. The molecule has 0 unspecified atom stereocenters. The van der Waals surface area contributed by atoms with Gasteiger partial charge < -0.3 is 20.1 Å². The van der Waals surface area contributed by atoms with Crippen LogP contribution >= 0.6 is 11.6 Å². The zero-order chi connectivity index (χ0) is 17.7. The minimum atomic E-state index is -0.381. The monoisotopic (exact) mass is 348 g/mol. The molecule has 0 radical (unpaired) electrons. The molecule has 2 N–H and O–H groups in total. The van der Waals surface area contributed by atoms with Crippen molar-refractivity contribution in [3.63, 3.8) is 0 Å². The molecule has 24 heavy (non-hydrogen) atoms. The Kier molecular flexibility index (Phi) is 5.65. The number of carbonyl (C=O) groups is 2. The normalized spacial score (nSPS) is 10.0. The van der Waals surface area contributed by atoms with Crippen LogP contribution in [-0.4, -0.2) is 26.0 Å². The molecule has 6 nitrogen and oxygen atoms in total. The van der Waals surface area contributed by atoms with Crippen molar-refractivity contribution < 1.29 is 19.1 Å². The van der Waals surface area contributed by atoms with Crippen LogP contribution in [-0.2, 0) is 4.79 Å². The number of hydrogen-bond acceptors (Lipinski definition) is 4. The largest absolute Gasteiger partial charge is 0.497 e. The van der Waals surface area contributed by atoms with E-state index in [9.17, 15) is 9.59 Å². The Morgan fingerprint density at radius 1 is 1.00 bits per heavy atom. The summed E-state index contributed by atoms with van der Waals surface area (Å²) in [4.78, 5) is 23.6. The fourth-order valence-corrected chi connectivity index (χ4v) is 2.27. The van der Waals surface area contributed by atoms with Gasteiger partial charge in [-0.05, 0) is 30.3 Å². The Hall–Kier alpha value is -2.73. The van der Waals surface area contributed by atoms with Gasteiger partial charge in [0.15, 0.2) is 0 Å². The molecule has 0 fully saturated rings. The maximum absolute atomic E-state index is 12.5. The van der Waals surface area contributed by atoms with Crippen molar-refractivity contribution >= 4 is 34.8 Å². The number of amides is 2. The quantitative estimate of drug-likeness (QED) is 0.866. The van der Waals surface area contributed by atoms with Gasteiger partial charge in [-0.3, -0.25) is 9.59 Å². The molecule has 0 aliphatic heterocycles. The zero-order valence-corrected chi connectivity index (χ0v) is 14.2. The third-order valence-electron chi connectivity index (χ3n) is 3.19. The molecule has 0 saturated heterocycles. The third kappa shape index (κ3) is 4.17. The lowest BCUT2D eigenvalue weighted by atomic mass is 10.1. The Morgan fingerprint density at radius 2 is 1.67 bits per heavy atom. The van der Waals surface area contributed by atoms with E-state index in [0.29, 0.717) is 22.9 Å². The first-order valence-electron chi connectivity index (χ1n) is 7.05. The van der Waals surface area contributed by atoms with Gasteiger partial charge in [-0.1, -0.05) is 11.6 Å². The third-order valence-corrected chi connectivity index (χ3v) is 3.51. The lowest BCUT2D eigenvalue weighted by molar-refractivity contribution is -0.114. The second-order valence-corrected chi connectivity index (χ2v) is 5.30. The van der Waals surface area contributed by atoms with Gasteiger partial charge in [-0.25, -0.2) is 0 Å². The summed E-state index contributed by atoms with van der Waals surface area (Å²) in [6.07, 6.45) is 0. The van der Waals surface area contributed by atoms with E-state index in [4.69, 9.17) is 21.1 Å². The van der Waals surface area contributed by atoms with Crippen molar-refractivity contribution in [2.75, 3.05) is 24.9 Å². The van der Waals surface area contributed by atoms with Crippen molar-refractivity contribution in [1.82, 2.24) is 0 Å². The van der Waals surface area contributed by atoms with Gasteiger partial charge in [-0.2, -0.15) is 0 Å². The SMILES string of the molecule is COc1ccc(NC(=O)c2cc(Cl)c(NC(C)=O)cc2OC)cc1. The van der Waals surface area contributed by atoms with E-state index in [2.05, 4.69) is 10.6 Å². The number of hydrogen-bond donors (Lipinski definition) is 2. The lowest BCUT2D eigenvalue weighted by Crippen LogP contribution is -2.14. The molecule has 0 bridgehead atoms. The molecule has 0 aliphatic rings. The number of rotatable bonds is 5. The van der Waals surface area contributed by atoms with Crippen molar-refractivity contribution in [3.8, 4) is 11.5 Å². The van der Waals surface area contributed by atoms with Crippen LogP contribution < -0.4 is 20.1 Å². The highest BCUT2D eigenvalue weighted by molar-refractivity contribution is 6.34. The molecule has 7 heteroatoms. The number of carbonyl (C=O) groups excluding carboxylic acids is 2. The second kappa shape index (κ2) is 7.70. The summed E-state index contributed by atoms with van der Waals surface area (Å²) in [6, 6.07) is 9.86. The van der Waals surface area contributed by atoms with E-state index >= 15 is 0 Å². The second-order valence-electron chi connectivity index (χ2n) is 4.90. The van der Waals surface area contributed by atoms with Crippen LogP contribution in [0.2, 0.25) is 5.02 Å². The lowest BCUT2D eigenvalue weighted by Gasteiger charge is -2.13. The molecular weight excluding hydrogens is 332 g/mol. The van der Waals surface area contributed by atoms with E-state index in [-0.39, 0.29) is 22.4 Å². The van der Waals surface area contributed by atoms with E-state index in [0.717, 1.165) is 0 Å². The summed E-state index contributed by atoms with van der Waals surface area (Å²) in [7, 11) is 3.00. The molecule has 0 heterocycles. The number of halogens is 1. The number of ether oxygens (including phenoxy) is 2. The van der Waals surface area contributed by atoms with Crippen LogP contribution in [0.15, 0.2) is 36.4 Å². The number of benzene rings is 2. The van der Waals surface area contributed by atoms with Crippen LogP contribution in [0, 0.1) is 0 Å². The van der Waals surface area contributed by atoms with Gasteiger partial charge >= 0.3 is 0 Å². The minimum absolute atomic E-state index is 0.242. The zero-order valence-electron chi connectivity index (χ0n) is 13.5. The van der Waals surface area contributed by atoms with Crippen molar-refractivity contribution in [3.05, 3.63) is 47.0 Å². The number of nitrogens with one attached hydrogen (secondary N) is 2. The molecule has 2 amide bonds. The summed E-state index contributed by atoms with van der Waals surface area (Å²) >= 11 is 6.12. The summed E-state index contributed by atoms with van der Waals surface area (Å²) in [5.74, 6) is 0.338. The van der Waals surface area contributed by atoms with Crippen molar-refractivity contribution in [2.45, 2.75) is 6.92 Å². The topological polar surface area (TPSA) is 76.7 Å². The van der Waals surface area contributed by atoms with Crippen LogP contribution in [0.25, 0.3) is 0 Å². The van der Waals surface area contributed by atoms with E-state index in [1.165, 1.54) is 26.2 Å². The smallest absolute Gasteiger partial charge is 0.259 e. The van der Waals surface area contributed by atoms with Crippen LogP contribution in [0.1, 0.15) is 17.3 Å². The van der Waals surface area contributed by atoms with Crippen molar-refractivity contribution in [2.24, 2.45) is 0 Å². The molecule has 2 aromatic rings. The highest BCUT2D eigenvalue weighted by atomic mass is 35.5. The maximum Gasteiger partial charge on any atom is 0.259 e. The molecular formula is C17H17ClN2O4. The summed E-state index contributed by atoms with van der Waals surface area (Å²) < 4.78 is 10.3. The van der Waals surface area contributed by atoms with E-state index < -0.39 is 0 Å². The average Bonchev–Trinajstić information content (AvgIpc) is 2.56. The first-order valence-corrected chi connectivity index (χ1v) is 7.43. The molecule has 126 valence electrons. The first-order chi connectivity index (χ1) is 11.4. The standard InChI is InChI=1S/C17H17ClN2O4/c1-10(21)19-15-9-16(24-3)13(8-14(15)18)17(22)20-11-4-6-12(23-2)7-5-11/h4-9H,1-3H3,(H,19,21)(H,20,22). The Bertz CT molecular complexity index is 760. The Morgan fingerprint density at radius 3 is 2.21 bits per heavy atom. The number of anilines is 2. The first kappa shape index (κ1) is 17.6. The summed E-state index contributed by atoms with van der Waals surface area (Å²) in [5, 5.41) is 5.57. The predicted octanol–water partition coefficient (Wildman–Crippen LogP) is 3.57. The average molecular weight is 349 g/mol. The fourth-order valence-electron chi connectivity index (χ4n) is 2.06. The Labute approximate surface area is 144 Å². The summed E-state index contributed by atoms with van der Waals surface area (Å²) in [6.45, 7) is 1.37. The van der Waals surface area contributed by atoms with Crippen LogP contribution in [0.5, 0.6) is 11.5 Å². The molecule has 0 aromatic heterocycles. The van der Waals surface area contributed by atoms with Gasteiger partial charge in [0.2, 0.25) is 5.91 Å². The predicted molar refractivity (Wildman–Crippen MR) is 93.3 cm³/mol. The molecule has 2 rings (SSSR count). The summed E-state index contributed by atoms with van der Waals surface area (Å²) in [5.41, 5.74) is 1.24. The van der Waals surface area contributed by atoms with Gasteiger partial charge in [-0.15, -0.1) is 0 Å². The van der Waals surface area contributed by atoms with Gasteiger partial charge in [0.1, 0.15) is 11.5 Å². The van der Waals surface area contributed by atoms with Gasteiger partial charge in [0.05, 0.1) is 30.5 Å². The Balaban J connectivity index is 2.27. The van der Waals surface area contributed by atoms with Crippen LogP contribution in [0.4, 0.5) is 11.4 Å².